The molecule has 0 radical (unpaired) electrons. The van der Waals surface area contributed by atoms with Crippen LogP contribution in [0.25, 0.3) is 5.57 Å². The van der Waals surface area contributed by atoms with Crippen LogP contribution >= 0.6 is 0 Å². The molecule has 9 heteroatoms. The molecule has 2 aromatic carbocycles. The fraction of sp³-hybridized carbons (Fsp3) is 0.561. The lowest BCUT2D eigenvalue weighted by atomic mass is 9.81. The molecule has 0 aromatic heterocycles. The van der Waals surface area contributed by atoms with E-state index in [0.717, 1.165) is 64.7 Å². The molecule has 2 aromatic rings. The van der Waals surface area contributed by atoms with E-state index in [2.05, 4.69) is 90.8 Å². The van der Waals surface area contributed by atoms with Crippen LogP contribution in [0.3, 0.4) is 0 Å². The summed E-state index contributed by atoms with van der Waals surface area (Å²) in [5, 5.41) is -0.0750. The van der Waals surface area contributed by atoms with Gasteiger partial charge in [0.2, 0.25) is 14.2 Å². The van der Waals surface area contributed by atoms with Crippen molar-refractivity contribution in [3.8, 4) is 17.2 Å². The molecule has 0 saturated carbocycles. The van der Waals surface area contributed by atoms with Crippen LogP contribution in [0.15, 0.2) is 71.5 Å². The minimum Gasteiger partial charge on any atom is -0.543 e. The number of likely N-dealkylation sites (tertiary alicyclic amines) is 1. The van der Waals surface area contributed by atoms with Gasteiger partial charge in [-0.1, -0.05) is 66.2 Å². The fourth-order valence-electron chi connectivity index (χ4n) is 6.68. The molecule has 3 heterocycles. The van der Waals surface area contributed by atoms with Crippen molar-refractivity contribution in [3.05, 3.63) is 82.6 Å². The molecule has 1 saturated heterocycles. The number of ether oxygens (including phenoxy) is 3. The number of rotatable bonds is 9. The molecule has 1 fully saturated rings. The summed E-state index contributed by atoms with van der Waals surface area (Å²) >= 11 is 0. The summed E-state index contributed by atoms with van der Waals surface area (Å²) in [4.78, 5) is 2.48. The number of halogens is 1. The molecule has 1 aliphatic carbocycles. The fourth-order valence-corrected chi connectivity index (χ4v) is 9.00. The van der Waals surface area contributed by atoms with Crippen molar-refractivity contribution in [1.82, 2.24) is 4.90 Å². The van der Waals surface area contributed by atoms with Crippen LogP contribution in [0.1, 0.15) is 84.5 Å². The normalized spacial score (nSPS) is 23.1. The van der Waals surface area contributed by atoms with Crippen molar-refractivity contribution in [1.29, 1.82) is 0 Å². The SMILES string of the molecule is CC(C)(C)[Si](C)(C)Oc1ccc2c(c1)OCC1=C2C(c2ccccc2OCCN2CCCCC2)OC2=C1C=CC(F)(O[Si](C)(C)C(C)(C)C)C2. The Bertz CT molecular complexity index is 1680. The molecular formula is C41H58FNO5Si2. The first-order valence-corrected chi connectivity index (χ1v) is 24.3. The Morgan fingerprint density at radius 2 is 1.62 bits per heavy atom. The Hall–Kier alpha value is -2.86. The summed E-state index contributed by atoms with van der Waals surface area (Å²) in [6.45, 7) is 25.9. The van der Waals surface area contributed by atoms with Crippen molar-refractivity contribution in [2.45, 2.75) is 115 Å². The average molecular weight is 720 g/mol. The van der Waals surface area contributed by atoms with E-state index >= 15 is 4.39 Å². The van der Waals surface area contributed by atoms with Crippen molar-refractivity contribution < 1.29 is 27.5 Å². The third-order valence-corrected chi connectivity index (χ3v) is 20.5. The van der Waals surface area contributed by atoms with Crippen LogP contribution in [-0.2, 0) is 9.16 Å². The summed E-state index contributed by atoms with van der Waals surface area (Å²) in [7, 11) is -4.50. The van der Waals surface area contributed by atoms with E-state index in [9.17, 15) is 0 Å². The van der Waals surface area contributed by atoms with E-state index in [-0.39, 0.29) is 16.5 Å². The summed E-state index contributed by atoms with van der Waals surface area (Å²) in [5.74, 6) is 0.994. The number of fused-ring (bicyclic) bond motifs is 3. The Labute approximate surface area is 301 Å². The Kier molecular flexibility index (Phi) is 10.0. The summed E-state index contributed by atoms with van der Waals surface area (Å²) in [6.07, 6.45) is 6.71. The largest absolute Gasteiger partial charge is 0.543 e. The van der Waals surface area contributed by atoms with Crippen LogP contribution in [0, 0.1) is 0 Å². The standard InChI is InChI=1S/C41H58FNO5Si2/c1-39(2,3)49(7,8)47-29-18-19-31-35(26-29)45-28-33-30-20-21-41(42,48-50(9,10)40(4,5)6)27-36(30)46-38(37(31)33)32-16-12-13-17-34(32)44-25-24-43-22-14-11-15-23-43/h12-13,16-21,26,38H,11,14-15,22-25,27-28H2,1-10H3. The van der Waals surface area contributed by atoms with Crippen LogP contribution in [0.5, 0.6) is 17.2 Å². The second-order valence-electron chi connectivity index (χ2n) is 17.5. The lowest BCUT2D eigenvalue weighted by Crippen LogP contribution is -2.48. The highest BCUT2D eigenvalue weighted by Gasteiger charge is 2.48. The molecule has 0 spiro atoms. The van der Waals surface area contributed by atoms with Crippen molar-refractivity contribution >= 4 is 22.2 Å². The highest BCUT2D eigenvalue weighted by molar-refractivity contribution is 6.75. The lowest BCUT2D eigenvalue weighted by Gasteiger charge is -2.44. The van der Waals surface area contributed by atoms with E-state index in [1.54, 1.807) is 6.08 Å². The number of nitrogens with zero attached hydrogens (tertiary/aromatic N) is 1. The molecule has 0 bridgehead atoms. The molecular weight excluding hydrogens is 662 g/mol. The van der Waals surface area contributed by atoms with Crippen molar-refractivity contribution in [3.63, 3.8) is 0 Å². The van der Waals surface area contributed by atoms with Crippen molar-refractivity contribution in [2.24, 2.45) is 0 Å². The van der Waals surface area contributed by atoms with E-state index in [4.69, 9.17) is 23.1 Å². The zero-order valence-corrected chi connectivity index (χ0v) is 34.0. The number of piperidine rings is 1. The van der Waals surface area contributed by atoms with Gasteiger partial charge in [-0.15, -0.1) is 0 Å². The molecule has 50 heavy (non-hydrogen) atoms. The highest BCUT2D eigenvalue weighted by Crippen LogP contribution is 2.54. The van der Waals surface area contributed by atoms with Gasteiger partial charge in [-0.25, -0.2) is 4.39 Å². The molecule has 6 rings (SSSR count). The van der Waals surface area contributed by atoms with Gasteiger partial charge in [-0.05, 0) is 92.5 Å². The molecule has 2 atom stereocenters. The monoisotopic (exact) mass is 719 g/mol. The predicted molar refractivity (Wildman–Crippen MR) is 206 cm³/mol. The van der Waals surface area contributed by atoms with E-state index < -0.39 is 28.6 Å². The van der Waals surface area contributed by atoms with Gasteiger partial charge in [0.05, 0.1) is 6.42 Å². The average Bonchev–Trinajstić information content (AvgIpc) is 3.03. The van der Waals surface area contributed by atoms with Gasteiger partial charge in [0.25, 0.3) is 0 Å². The molecule has 4 aliphatic rings. The molecule has 2 unspecified atom stereocenters. The predicted octanol–water partition coefficient (Wildman–Crippen LogP) is 10.8. The van der Waals surface area contributed by atoms with Crippen LogP contribution in [-0.4, -0.2) is 60.2 Å². The summed E-state index contributed by atoms with van der Waals surface area (Å²) in [6, 6.07) is 14.3. The minimum absolute atomic E-state index is 0.00273. The van der Waals surface area contributed by atoms with Crippen LogP contribution in [0.2, 0.25) is 36.3 Å². The second kappa shape index (κ2) is 13.6. The highest BCUT2D eigenvalue weighted by atomic mass is 28.4. The van der Waals surface area contributed by atoms with Gasteiger partial charge in [0, 0.05) is 40.5 Å². The molecule has 0 amide bonds. The summed E-state index contributed by atoms with van der Waals surface area (Å²) in [5.41, 5.74) is 4.78. The van der Waals surface area contributed by atoms with E-state index in [1.165, 1.54) is 19.3 Å². The van der Waals surface area contributed by atoms with Gasteiger partial charge in [-0.2, -0.15) is 0 Å². The van der Waals surface area contributed by atoms with Gasteiger partial charge in [0.1, 0.15) is 36.2 Å². The van der Waals surface area contributed by atoms with Crippen molar-refractivity contribution in [2.75, 3.05) is 32.8 Å². The number of alkyl halides is 1. The topological polar surface area (TPSA) is 49.4 Å². The van der Waals surface area contributed by atoms with Crippen LogP contribution in [0.4, 0.5) is 4.39 Å². The first-order valence-electron chi connectivity index (χ1n) is 18.5. The van der Waals surface area contributed by atoms with Crippen LogP contribution < -0.4 is 13.9 Å². The van der Waals surface area contributed by atoms with E-state index in [0.29, 0.717) is 19.0 Å². The van der Waals surface area contributed by atoms with E-state index in [1.807, 2.05) is 30.3 Å². The Morgan fingerprint density at radius 1 is 0.920 bits per heavy atom. The zero-order chi connectivity index (χ0) is 36.1. The Morgan fingerprint density at radius 3 is 2.32 bits per heavy atom. The second-order valence-corrected chi connectivity index (χ2v) is 26.9. The lowest BCUT2D eigenvalue weighted by molar-refractivity contribution is -0.0438. The molecule has 6 nitrogen and oxygen atoms in total. The summed E-state index contributed by atoms with van der Waals surface area (Å²) < 4.78 is 49.9. The molecule has 272 valence electrons. The molecule has 3 aliphatic heterocycles. The first kappa shape index (κ1) is 36.9. The number of para-hydroxylation sites is 1. The Balaban J connectivity index is 1.38. The quantitative estimate of drug-likeness (QED) is 0.241. The zero-order valence-electron chi connectivity index (χ0n) is 32.0. The first-order chi connectivity index (χ1) is 23.4. The maximum absolute atomic E-state index is 16.8. The maximum atomic E-state index is 16.8. The smallest absolute Gasteiger partial charge is 0.250 e. The van der Waals surface area contributed by atoms with Gasteiger partial charge < -0.3 is 23.1 Å². The third-order valence-electron chi connectivity index (χ3n) is 11.7. The minimum atomic E-state index is -2.43. The number of allylic oxidation sites excluding steroid dienone is 1. The van der Waals surface area contributed by atoms with Gasteiger partial charge in [-0.3, -0.25) is 4.90 Å². The van der Waals surface area contributed by atoms with Gasteiger partial charge in [0.15, 0.2) is 14.4 Å². The number of hydrogen-bond acceptors (Lipinski definition) is 6. The third kappa shape index (κ3) is 7.52. The van der Waals surface area contributed by atoms with Gasteiger partial charge >= 0.3 is 0 Å². The maximum Gasteiger partial charge on any atom is 0.250 e. The molecule has 0 N–H and O–H groups in total. The number of benzene rings is 2. The number of hydrogen-bond donors (Lipinski definition) is 0.